The minimum absolute atomic E-state index is 0. The number of hydrogen-bond acceptors (Lipinski definition) is 7. The Kier molecular flexibility index (Phi) is 10.6. The number of pyridine rings is 2. The Morgan fingerprint density at radius 2 is 1.82 bits per heavy atom. The van der Waals surface area contributed by atoms with Crippen molar-refractivity contribution in [2.75, 3.05) is 19.7 Å². The lowest BCUT2D eigenvalue weighted by Crippen LogP contribution is -2.48. The molecule has 3 rings (SSSR count). The molecule has 15 heteroatoms. The zero-order valence-electron chi connectivity index (χ0n) is 19.9. The molecule has 0 saturated carbocycles. The van der Waals surface area contributed by atoms with E-state index in [-0.39, 0.29) is 28.8 Å². The van der Waals surface area contributed by atoms with Gasteiger partial charge in [-0.05, 0) is 30.3 Å². The van der Waals surface area contributed by atoms with E-state index in [2.05, 4.69) is 15.0 Å². The Bertz CT molecular complexity index is 1470. The minimum Gasteiger partial charge on any atom is -0.492 e. The highest BCUT2D eigenvalue weighted by Crippen LogP contribution is 2.14. The summed E-state index contributed by atoms with van der Waals surface area (Å²) >= 11 is 0. The number of benzene rings is 1. The molecule has 0 bridgehead atoms. The molecule has 38 heavy (non-hydrogen) atoms. The van der Waals surface area contributed by atoms with Crippen molar-refractivity contribution in [3.8, 4) is 5.75 Å². The number of nitrogens with one attached hydrogen (secondary N) is 2. The maximum absolute atomic E-state index is 12.6. The van der Waals surface area contributed by atoms with Crippen LogP contribution in [0.4, 0.5) is 0 Å². The van der Waals surface area contributed by atoms with Crippen molar-refractivity contribution in [1.29, 1.82) is 0 Å². The lowest BCUT2D eigenvalue weighted by Gasteiger charge is -2.16. The van der Waals surface area contributed by atoms with E-state index in [1.807, 2.05) is 0 Å². The number of halogens is 1. The molecule has 0 radical (unpaired) electrons. The molecule has 0 aliphatic heterocycles. The second-order valence-electron chi connectivity index (χ2n) is 7.79. The number of carbonyl (C=O) groups is 2. The maximum Gasteiger partial charge on any atom is 0.323 e. The van der Waals surface area contributed by atoms with Crippen LogP contribution in [0.1, 0.15) is 16.8 Å². The number of aromatic nitrogens is 1. The SMILES string of the molecule is Cl.NC(N)=NCCCOc1ccc2cc(C(=O)NC[C@H](NS(=O)(=O)c3ccccc3)C(=O)O)cc(=O)n2c1. The third-order valence-electron chi connectivity index (χ3n) is 5.02. The smallest absolute Gasteiger partial charge is 0.323 e. The molecule has 0 saturated heterocycles. The molecule has 7 N–H and O–H groups in total. The van der Waals surface area contributed by atoms with Gasteiger partial charge in [-0.25, -0.2) is 8.42 Å². The van der Waals surface area contributed by atoms with Crippen LogP contribution >= 0.6 is 12.4 Å². The van der Waals surface area contributed by atoms with Crippen LogP contribution in [0.3, 0.4) is 0 Å². The van der Waals surface area contributed by atoms with Gasteiger partial charge in [-0.2, -0.15) is 4.72 Å². The van der Waals surface area contributed by atoms with Gasteiger partial charge in [0.25, 0.3) is 11.5 Å². The Morgan fingerprint density at radius 3 is 2.47 bits per heavy atom. The number of nitrogens with zero attached hydrogens (tertiary/aromatic N) is 2. The topological polar surface area (TPSA) is 208 Å². The highest BCUT2D eigenvalue weighted by molar-refractivity contribution is 7.89. The molecule has 1 aromatic carbocycles. The molecule has 0 aliphatic rings. The lowest BCUT2D eigenvalue weighted by molar-refractivity contribution is -0.138. The van der Waals surface area contributed by atoms with Gasteiger partial charge in [0, 0.05) is 36.7 Å². The minimum atomic E-state index is -4.14. The number of sulfonamides is 1. The van der Waals surface area contributed by atoms with Crippen molar-refractivity contribution in [3.63, 3.8) is 0 Å². The van der Waals surface area contributed by atoms with Crippen LogP contribution in [-0.2, 0) is 14.8 Å². The first kappa shape index (κ1) is 30.1. The van der Waals surface area contributed by atoms with Gasteiger partial charge in [-0.1, -0.05) is 18.2 Å². The summed E-state index contributed by atoms with van der Waals surface area (Å²) in [5, 5.41) is 11.8. The van der Waals surface area contributed by atoms with E-state index >= 15 is 0 Å². The van der Waals surface area contributed by atoms with E-state index in [0.29, 0.717) is 30.8 Å². The molecular formula is C23H27ClN6O7S. The van der Waals surface area contributed by atoms with Gasteiger partial charge in [0.15, 0.2) is 5.96 Å². The van der Waals surface area contributed by atoms with Crippen molar-refractivity contribution < 1.29 is 27.9 Å². The normalized spacial score (nSPS) is 11.7. The van der Waals surface area contributed by atoms with Crippen LogP contribution in [-0.4, -0.2) is 61.5 Å². The number of amides is 1. The first-order valence-electron chi connectivity index (χ1n) is 11.0. The molecule has 0 aliphatic carbocycles. The fraction of sp³-hybridized carbons (Fsp3) is 0.217. The molecule has 1 amide bonds. The number of nitrogens with two attached hydrogens (primary N) is 2. The van der Waals surface area contributed by atoms with Crippen LogP contribution in [0, 0.1) is 0 Å². The summed E-state index contributed by atoms with van der Waals surface area (Å²) in [5.74, 6) is -1.82. The first-order valence-corrected chi connectivity index (χ1v) is 12.5. The number of guanidine groups is 1. The van der Waals surface area contributed by atoms with Crippen LogP contribution in [0.25, 0.3) is 5.52 Å². The molecule has 0 fully saturated rings. The van der Waals surface area contributed by atoms with E-state index in [4.69, 9.17) is 16.2 Å². The van der Waals surface area contributed by atoms with Crippen LogP contribution in [0.2, 0.25) is 0 Å². The quantitative estimate of drug-likeness (QED) is 0.113. The van der Waals surface area contributed by atoms with Crippen molar-refractivity contribution in [2.24, 2.45) is 16.5 Å². The standard InChI is InChI=1S/C23H26N6O7S.ClH/c24-23(25)26-9-4-10-36-17-8-7-16-11-15(12-20(30)29(16)14-17)21(31)27-13-19(22(32)33)28-37(34,35)18-5-2-1-3-6-18;/h1-3,5-8,11-12,14,19,28H,4,9-10,13H2,(H,27,31)(H,32,33)(H4,24,25,26);1H/t19-;/m0./s1. The fourth-order valence-corrected chi connectivity index (χ4v) is 4.43. The molecule has 0 unspecified atom stereocenters. The monoisotopic (exact) mass is 566 g/mol. The molecule has 2 aromatic heterocycles. The highest BCUT2D eigenvalue weighted by Gasteiger charge is 2.26. The lowest BCUT2D eigenvalue weighted by atomic mass is 10.2. The van der Waals surface area contributed by atoms with Crippen LogP contribution in [0.5, 0.6) is 5.75 Å². The highest BCUT2D eigenvalue weighted by atomic mass is 35.5. The number of carbonyl (C=O) groups excluding carboxylic acids is 1. The Morgan fingerprint density at radius 1 is 1.11 bits per heavy atom. The summed E-state index contributed by atoms with van der Waals surface area (Å²) in [6.07, 6.45) is 2.03. The first-order chi connectivity index (χ1) is 17.6. The van der Waals surface area contributed by atoms with E-state index in [1.165, 1.54) is 40.9 Å². The summed E-state index contributed by atoms with van der Waals surface area (Å²) < 4.78 is 33.8. The largest absolute Gasteiger partial charge is 0.492 e. The number of fused-ring (bicyclic) bond motifs is 1. The zero-order chi connectivity index (χ0) is 27.0. The van der Waals surface area contributed by atoms with Crippen LogP contribution in [0.15, 0.2) is 75.5 Å². The summed E-state index contributed by atoms with van der Waals surface area (Å²) in [6, 6.07) is 11.3. The van der Waals surface area contributed by atoms with Crippen molar-refractivity contribution >= 4 is 45.8 Å². The predicted molar refractivity (Wildman–Crippen MR) is 142 cm³/mol. The van der Waals surface area contributed by atoms with Gasteiger partial charge < -0.3 is 26.6 Å². The third-order valence-corrected chi connectivity index (χ3v) is 6.50. The maximum atomic E-state index is 12.6. The van der Waals surface area contributed by atoms with E-state index < -0.39 is 40.0 Å². The molecule has 3 aromatic rings. The van der Waals surface area contributed by atoms with Gasteiger partial charge >= 0.3 is 5.97 Å². The Labute approximate surface area is 224 Å². The Hall–Kier alpha value is -4.14. The number of rotatable bonds is 12. The average molecular weight is 567 g/mol. The molecule has 204 valence electrons. The predicted octanol–water partition coefficient (Wildman–Crippen LogP) is -0.0749. The van der Waals surface area contributed by atoms with Gasteiger partial charge in [0.2, 0.25) is 10.0 Å². The number of carboxylic acid groups (broad SMARTS) is 1. The number of aliphatic imine (C=N–C) groups is 1. The second-order valence-corrected chi connectivity index (χ2v) is 9.50. The van der Waals surface area contributed by atoms with E-state index in [9.17, 15) is 27.9 Å². The summed E-state index contributed by atoms with van der Waals surface area (Å²) in [6.45, 7) is 0.160. The fourth-order valence-electron chi connectivity index (χ4n) is 3.22. The average Bonchev–Trinajstić information content (AvgIpc) is 2.86. The van der Waals surface area contributed by atoms with Gasteiger partial charge in [-0.15, -0.1) is 12.4 Å². The Balaban J connectivity index is 0.00000507. The second kappa shape index (κ2) is 13.4. The molecule has 13 nitrogen and oxygen atoms in total. The molecule has 1 atom stereocenters. The summed E-state index contributed by atoms with van der Waals surface area (Å²) in [5.41, 5.74) is 10.4. The van der Waals surface area contributed by atoms with Gasteiger partial charge in [-0.3, -0.25) is 23.8 Å². The summed E-state index contributed by atoms with van der Waals surface area (Å²) in [7, 11) is -4.14. The third kappa shape index (κ3) is 8.19. The van der Waals surface area contributed by atoms with Gasteiger partial charge in [0.1, 0.15) is 11.8 Å². The summed E-state index contributed by atoms with van der Waals surface area (Å²) in [4.78, 5) is 40.6. The van der Waals surface area contributed by atoms with Crippen molar-refractivity contribution in [1.82, 2.24) is 14.4 Å². The number of carboxylic acids is 1. The molecule has 0 spiro atoms. The molecular weight excluding hydrogens is 540 g/mol. The zero-order valence-corrected chi connectivity index (χ0v) is 21.6. The van der Waals surface area contributed by atoms with Gasteiger partial charge in [0.05, 0.1) is 17.7 Å². The molecule has 2 heterocycles. The number of ether oxygens (including phenoxy) is 1. The van der Waals surface area contributed by atoms with Crippen LogP contribution < -0.4 is 31.8 Å². The van der Waals surface area contributed by atoms with E-state index in [0.717, 1.165) is 6.07 Å². The van der Waals surface area contributed by atoms with E-state index in [1.54, 1.807) is 18.2 Å². The van der Waals surface area contributed by atoms with Crippen molar-refractivity contribution in [2.45, 2.75) is 17.4 Å². The number of hydrogen-bond donors (Lipinski definition) is 5. The van der Waals surface area contributed by atoms with Crippen molar-refractivity contribution in [3.05, 3.63) is 76.7 Å². The number of aliphatic carboxylic acids is 1.